The van der Waals surface area contributed by atoms with Crippen LogP contribution in [0.3, 0.4) is 0 Å². The minimum atomic E-state index is -0.874. The van der Waals surface area contributed by atoms with E-state index in [1.54, 1.807) is 12.1 Å². The first-order chi connectivity index (χ1) is 13.2. The van der Waals surface area contributed by atoms with Gasteiger partial charge in [-0.2, -0.15) is 0 Å². The largest absolute Gasteiger partial charge is 0.486 e. The van der Waals surface area contributed by atoms with Crippen LogP contribution in [0, 0.1) is 5.92 Å². The average Bonchev–Trinajstić information content (AvgIpc) is 3.25. The monoisotopic (exact) mass is 368 g/mol. The number of carbonyl (C=O) groups excluding carboxylic acids is 2. The van der Waals surface area contributed by atoms with Gasteiger partial charge in [-0.3, -0.25) is 14.6 Å². The van der Waals surface area contributed by atoms with Gasteiger partial charge in [-0.05, 0) is 17.7 Å². The Morgan fingerprint density at radius 1 is 1.04 bits per heavy atom. The topological polar surface area (TPSA) is 91.1 Å². The number of amides is 1. The number of nitrogens with two attached hydrogens (primary N) is 1. The minimum absolute atomic E-state index is 0.191. The number of hydrogen-bond donors (Lipinski definition) is 1. The highest BCUT2D eigenvalue weighted by atomic mass is 16.7. The van der Waals surface area contributed by atoms with Crippen molar-refractivity contribution in [3.63, 3.8) is 0 Å². The van der Waals surface area contributed by atoms with Crippen LogP contribution in [0.15, 0.2) is 54.6 Å². The lowest BCUT2D eigenvalue weighted by Crippen LogP contribution is -2.62. The van der Waals surface area contributed by atoms with Gasteiger partial charge >= 0.3 is 0 Å². The van der Waals surface area contributed by atoms with E-state index in [4.69, 9.17) is 20.1 Å². The zero-order valence-electron chi connectivity index (χ0n) is 14.6. The van der Waals surface area contributed by atoms with Crippen LogP contribution in [0.1, 0.15) is 23.5 Å². The lowest BCUT2D eigenvalue weighted by Gasteiger charge is -2.44. The van der Waals surface area contributed by atoms with E-state index in [1.807, 2.05) is 42.5 Å². The van der Waals surface area contributed by atoms with E-state index in [9.17, 15) is 9.59 Å². The summed E-state index contributed by atoms with van der Waals surface area (Å²) in [7, 11) is 0. The predicted molar refractivity (Wildman–Crippen MR) is 95.3 cm³/mol. The van der Waals surface area contributed by atoms with Crippen LogP contribution in [-0.2, 0) is 19.1 Å². The maximum atomic E-state index is 12.7. The van der Waals surface area contributed by atoms with Gasteiger partial charge in [0.1, 0.15) is 18.3 Å². The third-order valence-corrected chi connectivity index (χ3v) is 4.80. The maximum Gasteiger partial charge on any atom is 0.250 e. The van der Waals surface area contributed by atoms with E-state index in [0.717, 1.165) is 16.1 Å². The predicted octanol–water partition coefficient (Wildman–Crippen LogP) is 1.75. The smallest absolute Gasteiger partial charge is 0.250 e. The number of ether oxygens (including phenoxy) is 3. The summed E-state index contributed by atoms with van der Waals surface area (Å²) in [5, 5.41) is 1.10. The molecule has 2 aliphatic heterocycles. The zero-order chi connectivity index (χ0) is 18.8. The third kappa shape index (κ3) is 3.32. The molecule has 0 spiro atoms. The second-order valence-electron chi connectivity index (χ2n) is 6.44. The highest BCUT2D eigenvalue weighted by Crippen LogP contribution is 2.42. The number of carbonyl (C=O) groups is 2. The second-order valence-corrected chi connectivity index (χ2v) is 6.44. The normalized spacial score (nSPS) is 22.6. The van der Waals surface area contributed by atoms with Crippen LogP contribution in [0.5, 0.6) is 5.75 Å². The molecular weight excluding hydrogens is 348 g/mol. The molecule has 0 unspecified atom stereocenters. The Hall–Kier alpha value is -2.74. The van der Waals surface area contributed by atoms with Gasteiger partial charge in [-0.15, -0.1) is 0 Å². The number of rotatable bonds is 6. The fourth-order valence-corrected chi connectivity index (χ4v) is 3.45. The molecule has 0 radical (unpaired) electrons. The van der Waals surface area contributed by atoms with Crippen LogP contribution in [0.25, 0.3) is 0 Å². The number of hydrazine groups is 1. The third-order valence-electron chi connectivity index (χ3n) is 4.80. The number of benzene rings is 2. The molecule has 2 heterocycles. The molecule has 2 atom stereocenters. The van der Waals surface area contributed by atoms with E-state index in [0.29, 0.717) is 19.0 Å². The first-order valence-corrected chi connectivity index (χ1v) is 8.77. The molecule has 7 heteroatoms. The van der Waals surface area contributed by atoms with E-state index in [-0.39, 0.29) is 12.4 Å². The Kier molecular flexibility index (Phi) is 4.89. The van der Waals surface area contributed by atoms with Gasteiger partial charge < -0.3 is 14.2 Å². The van der Waals surface area contributed by atoms with Crippen LogP contribution in [0.4, 0.5) is 0 Å². The molecule has 0 aliphatic carbocycles. The van der Waals surface area contributed by atoms with Gasteiger partial charge in [0.05, 0.1) is 19.3 Å². The summed E-state index contributed by atoms with van der Waals surface area (Å²) in [6.07, 6.45) is -0.512. The van der Waals surface area contributed by atoms with Crippen molar-refractivity contribution in [3.8, 4) is 5.75 Å². The molecule has 2 saturated heterocycles. The summed E-state index contributed by atoms with van der Waals surface area (Å²) >= 11 is 0. The van der Waals surface area contributed by atoms with Gasteiger partial charge in [0, 0.05) is 5.56 Å². The summed E-state index contributed by atoms with van der Waals surface area (Å²) < 4.78 is 16.7. The van der Waals surface area contributed by atoms with E-state index < -0.39 is 24.2 Å². The van der Waals surface area contributed by atoms with Crippen molar-refractivity contribution in [3.05, 3.63) is 65.7 Å². The fourth-order valence-electron chi connectivity index (χ4n) is 3.45. The van der Waals surface area contributed by atoms with Crippen molar-refractivity contribution in [2.45, 2.75) is 12.3 Å². The van der Waals surface area contributed by atoms with Crippen LogP contribution < -0.4 is 10.6 Å². The molecule has 0 saturated carbocycles. The van der Waals surface area contributed by atoms with Crippen molar-refractivity contribution < 1.29 is 23.8 Å². The van der Waals surface area contributed by atoms with Crippen molar-refractivity contribution >= 4 is 11.7 Å². The van der Waals surface area contributed by atoms with Crippen LogP contribution in [0.2, 0.25) is 0 Å². The number of Topliss-reactive ketones (excluding diaryl/α,β-unsaturated/α-hetero) is 1. The molecule has 0 aromatic heterocycles. The highest BCUT2D eigenvalue weighted by molar-refractivity contribution is 6.07. The van der Waals surface area contributed by atoms with E-state index in [2.05, 4.69) is 0 Å². The number of para-hydroxylation sites is 1. The Bertz CT molecular complexity index is 835. The first-order valence-electron chi connectivity index (χ1n) is 8.77. The molecule has 2 N–H and O–H groups in total. The summed E-state index contributed by atoms with van der Waals surface area (Å²) in [5.41, 5.74) is 1.54. The highest BCUT2D eigenvalue weighted by Gasteiger charge is 2.52. The number of ketones is 1. The average molecular weight is 368 g/mol. The van der Waals surface area contributed by atoms with Gasteiger partial charge in [0.2, 0.25) is 5.91 Å². The molecule has 27 heavy (non-hydrogen) atoms. The molecular formula is C20H20N2O5. The Morgan fingerprint density at radius 3 is 2.37 bits per heavy atom. The fraction of sp³-hybridized carbons (Fsp3) is 0.300. The summed E-state index contributed by atoms with van der Waals surface area (Å²) in [6, 6.07) is 15.9. The maximum absolute atomic E-state index is 12.7. The Morgan fingerprint density at radius 2 is 1.67 bits per heavy atom. The molecule has 0 bridgehead atoms. The van der Waals surface area contributed by atoms with Gasteiger partial charge in [0.15, 0.2) is 12.1 Å². The molecule has 7 nitrogen and oxygen atoms in total. The van der Waals surface area contributed by atoms with Gasteiger partial charge in [-0.1, -0.05) is 42.5 Å². The summed E-state index contributed by atoms with van der Waals surface area (Å²) in [6.45, 7) is 0.813. The Labute approximate surface area is 156 Å². The molecule has 1 amide bonds. The molecule has 2 fully saturated rings. The van der Waals surface area contributed by atoms with E-state index >= 15 is 0 Å². The SMILES string of the molecule is NN1C(=O)[C@H](C(=O)COc2ccccc2)[C@@H]1c1ccccc1C1OCCO1. The van der Waals surface area contributed by atoms with Crippen molar-refractivity contribution in [1.29, 1.82) is 0 Å². The van der Waals surface area contributed by atoms with Crippen molar-refractivity contribution in [2.75, 3.05) is 19.8 Å². The molecule has 4 rings (SSSR count). The summed E-state index contributed by atoms with van der Waals surface area (Å²) in [4.78, 5) is 25.0. The van der Waals surface area contributed by atoms with E-state index in [1.165, 1.54) is 0 Å². The van der Waals surface area contributed by atoms with Crippen molar-refractivity contribution in [1.82, 2.24) is 5.01 Å². The van der Waals surface area contributed by atoms with Gasteiger partial charge in [-0.25, -0.2) is 5.84 Å². The standard InChI is InChI=1S/C20H20N2O5/c21-22-18(14-8-4-5-9-15(14)20-25-10-11-26-20)17(19(22)24)16(23)12-27-13-6-2-1-3-7-13/h1-9,17-18,20H,10-12,21H2/t17-,18+/m1/s1. The van der Waals surface area contributed by atoms with Crippen LogP contribution in [-0.4, -0.2) is 36.5 Å². The molecule has 2 aliphatic rings. The van der Waals surface area contributed by atoms with Crippen LogP contribution >= 0.6 is 0 Å². The summed E-state index contributed by atoms with van der Waals surface area (Å²) in [5.74, 6) is 4.89. The minimum Gasteiger partial charge on any atom is -0.486 e. The molecule has 2 aromatic rings. The molecule has 140 valence electrons. The number of β-lactam (4-membered cyclic amide) rings is 1. The molecule has 2 aromatic carbocycles. The Balaban J connectivity index is 1.54. The zero-order valence-corrected chi connectivity index (χ0v) is 14.6. The van der Waals surface area contributed by atoms with Crippen molar-refractivity contribution in [2.24, 2.45) is 11.8 Å². The lowest BCUT2D eigenvalue weighted by atomic mass is 9.79. The lowest BCUT2D eigenvalue weighted by molar-refractivity contribution is -0.163. The number of nitrogens with zero attached hydrogens (tertiary/aromatic N) is 1. The second kappa shape index (κ2) is 7.48. The first kappa shape index (κ1) is 17.7. The quantitative estimate of drug-likeness (QED) is 0.362. The number of hydrogen-bond acceptors (Lipinski definition) is 6. The van der Waals surface area contributed by atoms with Gasteiger partial charge in [0.25, 0.3) is 0 Å².